The van der Waals surface area contributed by atoms with Gasteiger partial charge in [-0.25, -0.2) is 0 Å². The maximum atomic E-state index is 9.50. The van der Waals surface area contributed by atoms with Gasteiger partial charge in [0.25, 0.3) is 0 Å². The Morgan fingerprint density at radius 1 is 1.18 bits per heavy atom. The lowest BCUT2D eigenvalue weighted by Crippen LogP contribution is -2.45. The number of aliphatic hydroxyl groups excluding tert-OH is 1. The molecule has 100 valence electrons. The summed E-state index contributed by atoms with van der Waals surface area (Å²) >= 11 is 0. The zero-order chi connectivity index (χ0) is 12.3. The van der Waals surface area contributed by atoms with Crippen LogP contribution in [0.3, 0.4) is 0 Å². The third-order valence-electron chi connectivity index (χ3n) is 4.47. The molecule has 1 heterocycles. The molecule has 3 heteroatoms. The van der Waals surface area contributed by atoms with Gasteiger partial charge in [0, 0.05) is 12.1 Å². The Balaban J connectivity index is 1.61. The Kier molecular flexibility index (Phi) is 4.83. The molecule has 1 aliphatic heterocycles. The molecular weight excluding hydrogens is 212 g/mol. The summed E-state index contributed by atoms with van der Waals surface area (Å²) in [7, 11) is 0. The van der Waals surface area contributed by atoms with E-state index in [9.17, 15) is 5.11 Å². The molecule has 0 radical (unpaired) electrons. The zero-order valence-electron chi connectivity index (χ0n) is 11.4. The van der Waals surface area contributed by atoms with Crippen molar-refractivity contribution in [2.24, 2.45) is 5.92 Å². The number of nitrogens with zero attached hydrogens (tertiary/aromatic N) is 1. The van der Waals surface area contributed by atoms with Crippen LogP contribution < -0.4 is 5.32 Å². The Morgan fingerprint density at radius 3 is 2.41 bits per heavy atom. The SMILES string of the molecule is CC(C)N1CCC(NCC2CCC(O)C2)CC1. The van der Waals surface area contributed by atoms with Gasteiger partial charge in [-0.15, -0.1) is 0 Å². The molecular formula is C14H28N2O. The summed E-state index contributed by atoms with van der Waals surface area (Å²) in [5.41, 5.74) is 0. The van der Waals surface area contributed by atoms with Crippen LogP contribution in [0.15, 0.2) is 0 Å². The van der Waals surface area contributed by atoms with Crippen LogP contribution in [0.1, 0.15) is 46.0 Å². The summed E-state index contributed by atoms with van der Waals surface area (Å²) in [4.78, 5) is 2.57. The fourth-order valence-electron chi connectivity index (χ4n) is 3.19. The second-order valence-electron chi connectivity index (χ2n) is 6.15. The first kappa shape index (κ1) is 13.3. The minimum atomic E-state index is -0.0235. The van der Waals surface area contributed by atoms with Crippen LogP contribution in [0.5, 0.6) is 0 Å². The van der Waals surface area contributed by atoms with Crippen LogP contribution in [0.2, 0.25) is 0 Å². The predicted molar refractivity (Wildman–Crippen MR) is 71.1 cm³/mol. The monoisotopic (exact) mass is 240 g/mol. The molecule has 0 aromatic heterocycles. The highest BCUT2D eigenvalue weighted by Gasteiger charge is 2.25. The van der Waals surface area contributed by atoms with Crippen LogP contribution >= 0.6 is 0 Å². The van der Waals surface area contributed by atoms with Gasteiger partial charge in [-0.05, 0) is 71.5 Å². The van der Waals surface area contributed by atoms with Gasteiger partial charge in [-0.1, -0.05) is 0 Å². The molecule has 2 rings (SSSR count). The smallest absolute Gasteiger partial charge is 0.0543 e. The van der Waals surface area contributed by atoms with Gasteiger partial charge < -0.3 is 15.3 Å². The van der Waals surface area contributed by atoms with E-state index in [1.807, 2.05) is 0 Å². The summed E-state index contributed by atoms with van der Waals surface area (Å²) in [5, 5.41) is 13.2. The third-order valence-corrected chi connectivity index (χ3v) is 4.47. The number of hydrogen-bond donors (Lipinski definition) is 2. The molecule has 2 unspecified atom stereocenters. The van der Waals surface area contributed by atoms with Crippen LogP contribution in [0.25, 0.3) is 0 Å². The van der Waals surface area contributed by atoms with Crippen molar-refractivity contribution < 1.29 is 5.11 Å². The molecule has 2 N–H and O–H groups in total. The summed E-state index contributed by atoms with van der Waals surface area (Å²) < 4.78 is 0. The number of piperidine rings is 1. The van der Waals surface area contributed by atoms with Crippen LogP contribution in [0, 0.1) is 5.92 Å². The predicted octanol–water partition coefficient (Wildman–Crippen LogP) is 1.61. The molecule has 2 aliphatic rings. The Hall–Kier alpha value is -0.120. The molecule has 2 atom stereocenters. The van der Waals surface area contributed by atoms with Gasteiger partial charge in [0.2, 0.25) is 0 Å². The quantitative estimate of drug-likeness (QED) is 0.783. The average Bonchev–Trinajstić information content (AvgIpc) is 2.73. The second kappa shape index (κ2) is 6.17. The highest BCUT2D eigenvalue weighted by atomic mass is 16.3. The highest BCUT2D eigenvalue weighted by Crippen LogP contribution is 2.25. The molecule has 1 aliphatic carbocycles. The lowest BCUT2D eigenvalue weighted by atomic mass is 10.0. The van der Waals surface area contributed by atoms with Crippen molar-refractivity contribution in [3.8, 4) is 0 Å². The molecule has 17 heavy (non-hydrogen) atoms. The minimum Gasteiger partial charge on any atom is -0.393 e. The van der Waals surface area contributed by atoms with E-state index in [2.05, 4.69) is 24.1 Å². The van der Waals surface area contributed by atoms with E-state index in [-0.39, 0.29) is 6.10 Å². The molecule has 0 aromatic carbocycles. The van der Waals surface area contributed by atoms with Crippen molar-refractivity contribution in [1.29, 1.82) is 0 Å². The average molecular weight is 240 g/mol. The molecule has 0 bridgehead atoms. The maximum absolute atomic E-state index is 9.50. The number of rotatable bonds is 4. The van der Waals surface area contributed by atoms with Crippen molar-refractivity contribution in [3.63, 3.8) is 0 Å². The first-order valence-corrected chi connectivity index (χ1v) is 7.30. The normalized spacial score (nSPS) is 32.5. The molecule has 1 saturated heterocycles. The Morgan fingerprint density at radius 2 is 1.88 bits per heavy atom. The number of aliphatic hydroxyl groups is 1. The minimum absolute atomic E-state index is 0.0235. The van der Waals surface area contributed by atoms with Gasteiger partial charge in [-0.2, -0.15) is 0 Å². The topological polar surface area (TPSA) is 35.5 Å². The number of nitrogens with one attached hydrogen (secondary N) is 1. The van der Waals surface area contributed by atoms with E-state index in [1.54, 1.807) is 0 Å². The summed E-state index contributed by atoms with van der Waals surface area (Å²) in [6.45, 7) is 8.16. The van der Waals surface area contributed by atoms with E-state index in [0.717, 1.165) is 19.4 Å². The first-order valence-electron chi connectivity index (χ1n) is 7.30. The van der Waals surface area contributed by atoms with Gasteiger partial charge in [0.15, 0.2) is 0 Å². The van der Waals surface area contributed by atoms with Crippen molar-refractivity contribution >= 4 is 0 Å². The standard InChI is InChI=1S/C14H28N2O/c1-11(2)16-7-5-13(6-8-16)15-10-12-3-4-14(17)9-12/h11-15,17H,3-10H2,1-2H3. The van der Waals surface area contributed by atoms with E-state index in [1.165, 1.54) is 32.4 Å². The summed E-state index contributed by atoms with van der Waals surface area (Å²) in [5.74, 6) is 0.716. The fourth-order valence-corrected chi connectivity index (χ4v) is 3.19. The Labute approximate surface area is 106 Å². The third kappa shape index (κ3) is 3.94. The van der Waals surface area contributed by atoms with Gasteiger partial charge in [-0.3, -0.25) is 0 Å². The lowest BCUT2D eigenvalue weighted by Gasteiger charge is -2.35. The zero-order valence-corrected chi connectivity index (χ0v) is 11.4. The molecule has 3 nitrogen and oxygen atoms in total. The fraction of sp³-hybridized carbons (Fsp3) is 1.00. The van der Waals surface area contributed by atoms with E-state index in [4.69, 9.17) is 0 Å². The number of likely N-dealkylation sites (tertiary alicyclic amines) is 1. The van der Waals surface area contributed by atoms with Crippen LogP contribution in [-0.2, 0) is 0 Å². The number of hydrogen-bond acceptors (Lipinski definition) is 3. The van der Waals surface area contributed by atoms with Crippen LogP contribution in [-0.4, -0.2) is 47.8 Å². The maximum Gasteiger partial charge on any atom is 0.0543 e. The molecule has 0 spiro atoms. The molecule has 2 fully saturated rings. The van der Waals surface area contributed by atoms with Crippen molar-refractivity contribution in [2.75, 3.05) is 19.6 Å². The van der Waals surface area contributed by atoms with Crippen molar-refractivity contribution in [3.05, 3.63) is 0 Å². The first-order chi connectivity index (χ1) is 8.15. The van der Waals surface area contributed by atoms with E-state index in [0.29, 0.717) is 18.0 Å². The summed E-state index contributed by atoms with van der Waals surface area (Å²) in [6.07, 6.45) is 5.78. The van der Waals surface area contributed by atoms with Gasteiger partial charge in [0.1, 0.15) is 0 Å². The van der Waals surface area contributed by atoms with Crippen molar-refractivity contribution in [1.82, 2.24) is 10.2 Å². The summed E-state index contributed by atoms with van der Waals surface area (Å²) in [6, 6.07) is 1.41. The Bertz CT molecular complexity index is 224. The van der Waals surface area contributed by atoms with Gasteiger partial charge in [0.05, 0.1) is 6.10 Å². The van der Waals surface area contributed by atoms with E-state index < -0.39 is 0 Å². The molecule has 0 amide bonds. The largest absolute Gasteiger partial charge is 0.393 e. The van der Waals surface area contributed by atoms with E-state index >= 15 is 0 Å². The van der Waals surface area contributed by atoms with Gasteiger partial charge >= 0.3 is 0 Å². The molecule has 0 aromatic rings. The molecule has 1 saturated carbocycles. The lowest BCUT2D eigenvalue weighted by molar-refractivity contribution is 0.156. The second-order valence-corrected chi connectivity index (χ2v) is 6.15. The van der Waals surface area contributed by atoms with Crippen LogP contribution in [0.4, 0.5) is 0 Å². The van der Waals surface area contributed by atoms with Crippen molar-refractivity contribution in [2.45, 2.75) is 64.1 Å². The highest BCUT2D eigenvalue weighted by molar-refractivity contribution is 4.82.